The Morgan fingerprint density at radius 2 is 2.25 bits per heavy atom. The molecule has 0 aliphatic carbocycles. The second kappa shape index (κ2) is 5.28. The zero-order chi connectivity index (χ0) is 12.2. The monoisotopic (exact) mass is 254 g/mol. The molecule has 0 aliphatic heterocycles. The van der Waals surface area contributed by atoms with Crippen LogP contribution in [0.4, 0.5) is 13.2 Å². The number of thiophene rings is 1. The third kappa shape index (κ3) is 3.80. The van der Waals surface area contributed by atoms with Crippen molar-refractivity contribution in [3.8, 4) is 0 Å². The number of nitrogens with one attached hydrogen (secondary N) is 1. The SMILES string of the molecule is NNC(=O)c1sccc1COCC(F)(F)F. The summed E-state index contributed by atoms with van der Waals surface area (Å²) < 4.78 is 39.8. The second-order valence-corrected chi connectivity index (χ2v) is 3.77. The minimum atomic E-state index is -4.37. The zero-order valence-corrected chi connectivity index (χ0v) is 8.82. The predicted molar refractivity (Wildman–Crippen MR) is 51.7 cm³/mol. The van der Waals surface area contributed by atoms with Gasteiger partial charge in [-0.2, -0.15) is 13.2 Å². The van der Waals surface area contributed by atoms with Gasteiger partial charge in [-0.05, 0) is 11.4 Å². The van der Waals surface area contributed by atoms with Crippen LogP contribution in [-0.2, 0) is 11.3 Å². The third-order valence-electron chi connectivity index (χ3n) is 1.61. The first-order valence-corrected chi connectivity index (χ1v) is 5.04. The van der Waals surface area contributed by atoms with Gasteiger partial charge in [0.25, 0.3) is 5.91 Å². The van der Waals surface area contributed by atoms with Gasteiger partial charge in [-0.3, -0.25) is 10.2 Å². The highest BCUT2D eigenvalue weighted by molar-refractivity contribution is 7.12. The van der Waals surface area contributed by atoms with Crippen LogP contribution in [0.15, 0.2) is 11.4 Å². The van der Waals surface area contributed by atoms with E-state index in [2.05, 4.69) is 4.74 Å². The quantitative estimate of drug-likeness (QED) is 0.485. The van der Waals surface area contributed by atoms with Crippen LogP contribution >= 0.6 is 11.3 Å². The van der Waals surface area contributed by atoms with Gasteiger partial charge in [-0.1, -0.05) is 0 Å². The molecule has 0 radical (unpaired) electrons. The van der Waals surface area contributed by atoms with E-state index in [1.165, 1.54) is 6.07 Å². The maximum absolute atomic E-state index is 11.8. The Morgan fingerprint density at radius 3 is 2.81 bits per heavy atom. The van der Waals surface area contributed by atoms with Crippen LogP contribution < -0.4 is 11.3 Å². The molecule has 0 saturated carbocycles. The van der Waals surface area contributed by atoms with Crippen molar-refractivity contribution in [2.75, 3.05) is 6.61 Å². The molecule has 0 aromatic carbocycles. The molecule has 1 aromatic heterocycles. The molecule has 0 atom stereocenters. The molecule has 90 valence electrons. The molecule has 1 heterocycles. The van der Waals surface area contributed by atoms with E-state index in [-0.39, 0.29) is 11.5 Å². The molecule has 0 spiro atoms. The molecule has 0 bridgehead atoms. The topological polar surface area (TPSA) is 64.3 Å². The molecule has 0 saturated heterocycles. The van der Waals surface area contributed by atoms with Gasteiger partial charge in [0, 0.05) is 5.56 Å². The number of carbonyl (C=O) groups excluding carboxylic acids is 1. The summed E-state index contributed by atoms with van der Waals surface area (Å²) in [5.74, 6) is 4.38. The van der Waals surface area contributed by atoms with Gasteiger partial charge in [0.2, 0.25) is 0 Å². The fourth-order valence-electron chi connectivity index (χ4n) is 0.991. The van der Waals surface area contributed by atoms with Crippen molar-refractivity contribution in [2.45, 2.75) is 12.8 Å². The van der Waals surface area contributed by atoms with Crippen LogP contribution in [0.2, 0.25) is 0 Å². The Bertz CT molecular complexity index is 364. The molecule has 16 heavy (non-hydrogen) atoms. The van der Waals surface area contributed by atoms with Crippen LogP contribution in [0.3, 0.4) is 0 Å². The number of hydrogen-bond donors (Lipinski definition) is 2. The lowest BCUT2D eigenvalue weighted by molar-refractivity contribution is -0.176. The Balaban J connectivity index is 2.55. The van der Waals surface area contributed by atoms with Crippen molar-refractivity contribution in [2.24, 2.45) is 5.84 Å². The Labute approximate surface area is 93.2 Å². The van der Waals surface area contributed by atoms with Crippen molar-refractivity contribution in [3.63, 3.8) is 0 Å². The third-order valence-corrected chi connectivity index (χ3v) is 2.56. The van der Waals surface area contributed by atoms with E-state index in [9.17, 15) is 18.0 Å². The van der Waals surface area contributed by atoms with Crippen LogP contribution in [0.1, 0.15) is 15.2 Å². The smallest absolute Gasteiger partial charge is 0.367 e. The summed E-state index contributed by atoms with van der Waals surface area (Å²) in [6.45, 7) is -1.61. The number of carbonyl (C=O) groups is 1. The minimum absolute atomic E-state index is 0.254. The van der Waals surface area contributed by atoms with Crippen LogP contribution in [-0.4, -0.2) is 18.7 Å². The Morgan fingerprint density at radius 1 is 1.56 bits per heavy atom. The fourth-order valence-corrected chi connectivity index (χ4v) is 1.80. The largest absolute Gasteiger partial charge is 0.411 e. The summed E-state index contributed by atoms with van der Waals surface area (Å²) in [6.07, 6.45) is -4.37. The van der Waals surface area contributed by atoms with Crippen LogP contribution in [0, 0.1) is 0 Å². The summed E-state index contributed by atoms with van der Waals surface area (Å²) in [5, 5.41) is 1.58. The van der Waals surface area contributed by atoms with E-state index >= 15 is 0 Å². The van der Waals surface area contributed by atoms with Gasteiger partial charge in [0.05, 0.1) is 11.5 Å². The van der Waals surface area contributed by atoms with Gasteiger partial charge in [0.1, 0.15) is 6.61 Å². The molecular weight excluding hydrogens is 245 g/mol. The highest BCUT2D eigenvalue weighted by atomic mass is 32.1. The van der Waals surface area contributed by atoms with Gasteiger partial charge in [0.15, 0.2) is 0 Å². The lowest BCUT2D eigenvalue weighted by Gasteiger charge is -2.07. The molecule has 3 N–H and O–H groups in total. The van der Waals surface area contributed by atoms with E-state index < -0.39 is 18.7 Å². The molecule has 0 unspecified atom stereocenters. The van der Waals surface area contributed by atoms with Crippen LogP contribution in [0.5, 0.6) is 0 Å². The first kappa shape index (κ1) is 12.9. The predicted octanol–water partition coefficient (Wildman–Crippen LogP) is 1.43. The van der Waals surface area contributed by atoms with E-state index in [0.717, 1.165) is 11.3 Å². The molecular formula is C8H9F3N2O2S. The molecule has 4 nitrogen and oxygen atoms in total. The average molecular weight is 254 g/mol. The summed E-state index contributed by atoms with van der Waals surface area (Å²) >= 11 is 1.09. The first-order chi connectivity index (χ1) is 7.44. The average Bonchev–Trinajstić information content (AvgIpc) is 2.63. The lowest BCUT2D eigenvalue weighted by Crippen LogP contribution is -2.30. The normalized spacial score (nSPS) is 11.5. The Kier molecular flexibility index (Phi) is 4.27. The number of halogens is 3. The highest BCUT2D eigenvalue weighted by Crippen LogP contribution is 2.20. The van der Waals surface area contributed by atoms with Crippen molar-refractivity contribution >= 4 is 17.2 Å². The molecule has 0 aliphatic rings. The summed E-state index contributed by atoms with van der Waals surface area (Å²) in [6, 6.07) is 1.52. The summed E-state index contributed by atoms with van der Waals surface area (Å²) in [7, 11) is 0. The second-order valence-electron chi connectivity index (χ2n) is 2.86. The van der Waals surface area contributed by atoms with E-state index in [0.29, 0.717) is 5.56 Å². The maximum atomic E-state index is 11.8. The van der Waals surface area contributed by atoms with Crippen LogP contribution in [0.25, 0.3) is 0 Å². The van der Waals surface area contributed by atoms with Crippen molar-refractivity contribution in [1.29, 1.82) is 0 Å². The fraction of sp³-hybridized carbons (Fsp3) is 0.375. The number of hydrogen-bond acceptors (Lipinski definition) is 4. The van der Waals surface area contributed by atoms with E-state index in [1.807, 2.05) is 5.43 Å². The number of hydrazine groups is 1. The maximum Gasteiger partial charge on any atom is 0.411 e. The standard InChI is InChI=1S/C8H9F3N2O2S/c9-8(10,11)4-15-3-5-1-2-16-6(5)7(14)13-12/h1-2H,3-4,12H2,(H,13,14). The molecule has 0 fully saturated rings. The molecule has 1 amide bonds. The number of ether oxygens (including phenoxy) is 1. The molecule has 1 rings (SSSR count). The van der Waals surface area contributed by atoms with Gasteiger partial charge >= 0.3 is 6.18 Å². The zero-order valence-electron chi connectivity index (χ0n) is 8.00. The molecule has 1 aromatic rings. The van der Waals surface area contributed by atoms with Gasteiger partial charge < -0.3 is 4.74 Å². The summed E-state index contributed by atoms with van der Waals surface area (Å²) in [5.41, 5.74) is 2.29. The number of nitrogens with two attached hydrogens (primary N) is 1. The highest BCUT2D eigenvalue weighted by Gasteiger charge is 2.27. The first-order valence-electron chi connectivity index (χ1n) is 4.16. The van der Waals surface area contributed by atoms with Crippen molar-refractivity contribution in [1.82, 2.24) is 5.43 Å². The van der Waals surface area contributed by atoms with E-state index in [4.69, 9.17) is 5.84 Å². The number of amides is 1. The lowest BCUT2D eigenvalue weighted by atomic mass is 10.2. The van der Waals surface area contributed by atoms with Gasteiger partial charge in [-0.25, -0.2) is 5.84 Å². The summed E-state index contributed by atoms with van der Waals surface area (Å²) in [4.78, 5) is 11.4. The Hall–Kier alpha value is -1.12. The minimum Gasteiger partial charge on any atom is -0.367 e. The van der Waals surface area contributed by atoms with E-state index in [1.54, 1.807) is 5.38 Å². The van der Waals surface area contributed by atoms with Crippen molar-refractivity contribution < 1.29 is 22.7 Å². The number of nitrogen functional groups attached to an aromatic ring is 1. The number of alkyl halides is 3. The number of rotatable bonds is 4. The molecule has 8 heteroatoms. The van der Waals surface area contributed by atoms with Gasteiger partial charge in [-0.15, -0.1) is 11.3 Å². The van der Waals surface area contributed by atoms with Crippen molar-refractivity contribution in [3.05, 3.63) is 21.9 Å².